The van der Waals surface area contributed by atoms with Crippen molar-refractivity contribution in [2.24, 2.45) is 0 Å². The van der Waals surface area contributed by atoms with Crippen LogP contribution in [-0.2, 0) is 25.8 Å². The van der Waals surface area contributed by atoms with E-state index in [0.29, 0.717) is 0 Å². The zero-order valence-corrected chi connectivity index (χ0v) is 8.83. The molecule has 8 heteroatoms. The van der Waals surface area contributed by atoms with Crippen LogP contribution in [0.15, 0.2) is 0 Å². The van der Waals surface area contributed by atoms with Crippen LogP contribution in [0.5, 0.6) is 0 Å². The summed E-state index contributed by atoms with van der Waals surface area (Å²) in [5.74, 6) is 0. The van der Waals surface area contributed by atoms with Gasteiger partial charge in [-0.2, -0.15) is 0 Å². The van der Waals surface area contributed by atoms with Gasteiger partial charge in [0.1, 0.15) is 0 Å². The van der Waals surface area contributed by atoms with Crippen molar-refractivity contribution in [3.05, 3.63) is 0 Å². The Labute approximate surface area is 96.9 Å². The zero-order chi connectivity index (χ0) is 7.15. The molecule has 0 saturated carbocycles. The number of carboxylic acid groups (broad SMARTS) is 4. The van der Waals surface area contributed by atoms with E-state index in [0.717, 1.165) is 0 Å². The number of hydrogen-bond donors (Lipinski definition) is 0. The first-order valence-corrected chi connectivity index (χ1v) is 1.22. The smallest absolute Gasteiger partial charge is 0.652 e. The number of hydrogen-bond acceptors (Lipinski definition) is 6. The third-order valence-electron chi connectivity index (χ3n) is 0. The van der Waals surface area contributed by atoms with Crippen LogP contribution < -0.4 is 50.0 Å². The van der Waals surface area contributed by atoms with E-state index in [-0.39, 0.29) is 55.4 Å². The summed E-state index contributed by atoms with van der Waals surface area (Å²) in [5, 5.41) is 33.3. The minimum absolute atomic E-state index is 0. The second-order valence-electron chi connectivity index (χ2n) is 0.500. The van der Waals surface area contributed by atoms with E-state index in [1.807, 2.05) is 0 Å². The van der Waals surface area contributed by atoms with Crippen molar-refractivity contribution < 1.29 is 85.4 Å². The van der Waals surface area contributed by atoms with E-state index in [4.69, 9.17) is 30.0 Å². The van der Waals surface area contributed by atoms with Crippen LogP contribution in [-0.4, -0.2) is 12.3 Å². The van der Waals surface area contributed by atoms with Crippen LogP contribution in [0.4, 0.5) is 9.59 Å². The van der Waals surface area contributed by atoms with Gasteiger partial charge in [0.2, 0.25) is 0 Å². The van der Waals surface area contributed by atoms with Crippen LogP contribution in [0.2, 0.25) is 0 Å². The predicted octanol–water partition coefficient (Wildman–Crippen LogP) is -7.89. The first-order valence-electron chi connectivity index (χ1n) is 1.22. The molecule has 0 fully saturated rings. The summed E-state index contributed by atoms with van der Waals surface area (Å²) >= 11 is 0. The van der Waals surface area contributed by atoms with Crippen molar-refractivity contribution in [1.82, 2.24) is 0 Å². The van der Waals surface area contributed by atoms with Crippen molar-refractivity contribution >= 4 is 12.3 Å². The SMILES string of the molecule is O=C([O-])[O-].O=C([O-])[O-].[Na+].[Sc+3]. The standard InChI is InChI=1S/2CH2O3.Na.Sc/c2*2-1(3)4;;/h2*(H2,2,3,4);;/q;;+1;+3/p-4. The van der Waals surface area contributed by atoms with E-state index >= 15 is 0 Å². The van der Waals surface area contributed by atoms with Crippen molar-refractivity contribution in [3.8, 4) is 0 Å². The minimum atomic E-state index is -2.33. The summed E-state index contributed by atoms with van der Waals surface area (Å²) in [6, 6.07) is 0. The molecule has 0 bridgehead atoms. The normalized spacial score (nSPS) is 4.80. The fourth-order valence-corrected chi connectivity index (χ4v) is 0. The fourth-order valence-electron chi connectivity index (χ4n) is 0. The number of carbonyl (C=O) groups is 2. The molecular weight excluding hydrogens is 188 g/mol. The third kappa shape index (κ3) is 2750. The first kappa shape index (κ1) is 22.4. The minimum Gasteiger partial charge on any atom is -0.652 e. The molecule has 0 atom stereocenters. The van der Waals surface area contributed by atoms with Crippen LogP contribution in [0, 0.1) is 0 Å². The molecule has 0 aromatic heterocycles. The summed E-state index contributed by atoms with van der Waals surface area (Å²) in [6.07, 6.45) is -4.67. The zero-order valence-electron chi connectivity index (χ0n) is 5.03. The van der Waals surface area contributed by atoms with Gasteiger partial charge in [-0.1, -0.05) is 0 Å². The summed E-state index contributed by atoms with van der Waals surface area (Å²) in [4.78, 5) is 16.7. The van der Waals surface area contributed by atoms with E-state index in [1.54, 1.807) is 0 Å². The Kier molecular flexibility index (Phi) is 36.3. The van der Waals surface area contributed by atoms with Crippen molar-refractivity contribution in [2.75, 3.05) is 0 Å². The quantitative estimate of drug-likeness (QED) is 0.347. The molecule has 0 saturated heterocycles. The van der Waals surface area contributed by atoms with Crippen LogP contribution in [0.3, 0.4) is 0 Å². The molecule has 0 rings (SSSR count). The largest absolute Gasteiger partial charge is 3.00 e. The monoisotopic (exact) mass is 188 g/mol. The van der Waals surface area contributed by atoms with Crippen molar-refractivity contribution in [3.63, 3.8) is 0 Å². The number of carbonyl (C=O) groups excluding carboxylic acids is 2. The maximum Gasteiger partial charge on any atom is 3.00 e. The van der Waals surface area contributed by atoms with Gasteiger partial charge in [-0.25, -0.2) is 0 Å². The topological polar surface area (TPSA) is 126 Å². The van der Waals surface area contributed by atoms with Gasteiger partial charge in [0.15, 0.2) is 0 Å². The molecule has 0 aliphatic heterocycles. The number of rotatable bonds is 0. The van der Waals surface area contributed by atoms with Gasteiger partial charge < -0.3 is 30.0 Å². The molecule has 10 heavy (non-hydrogen) atoms. The van der Waals surface area contributed by atoms with Gasteiger partial charge in [0, 0.05) is 0 Å². The van der Waals surface area contributed by atoms with Gasteiger partial charge in [0.25, 0.3) is 0 Å². The fraction of sp³-hybridized carbons (Fsp3) is 0. The van der Waals surface area contributed by atoms with Gasteiger partial charge in [-0.15, -0.1) is 0 Å². The Balaban J connectivity index is -0.0000000300. The van der Waals surface area contributed by atoms with Crippen molar-refractivity contribution in [1.29, 1.82) is 0 Å². The Hall–Kier alpha value is 0.410. The van der Waals surface area contributed by atoms with Gasteiger partial charge in [-0.3, -0.25) is 0 Å². The summed E-state index contributed by atoms with van der Waals surface area (Å²) < 4.78 is 0. The van der Waals surface area contributed by atoms with Crippen LogP contribution >= 0.6 is 0 Å². The van der Waals surface area contributed by atoms with Crippen molar-refractivity contribution in [2.45, 2.75) is 0 Å². The first-order chi connectivity index (χ1) is 3.46. The van der Waals surface area contributed by atoms with Gasteiger partial charge >= 0.3 is 55.4 Å². The average molecular weight is 188 g/mol. The molecule has 0 spiro atoms. The molecule has 0 aromatic rings. The maximum atomic E-state index is 8.33. The Morgan fingerprint density at radius 1 is 0.800 bits per heavy atom. The molecule has 0 aromatic carbocycles. The summed E-state index contributed by atoms with van der Waals surface area (Å²) in [5.41, 5.74) is 0. The molecule has 48 valence electrons. The third-order valence-corrected chi connectivity index (χ3v) is 0. The second-order valence-corrected chi connectivity index (χ2v) is 0.500. The summed E-state index contributed by atoms with van der Waals surface area (Å²) in [7, 11) is 0. The Morgan fingerprint density at radius 2 is 0.800 bits per heavy atom. The predicted molar refractivity (Wildman–Crippen MR) is 10.8 cm³/mol. The molecule has 0 amide bonds. The van der Waals surface area contributed by atoms with E-state index in [9.17, 15) is 0 Å². The molecule has 0 heterocycles. The average Bonchev–Trinajstić information content (AvgIpc) is 1.25. The molecule has 0 unspecified atom stereocenters. The van der Waals surface area contributed by atoms with E-state index in [2.05, 4.69) is 0 Å². The van der Waals surface area contributed by atoms with Gasteiger partial charge in [0.05, 0.1) is 0 Å². The molecule has 0 aliphatic carbocycles. The molecule has 0 N–H and O–H groups in total. The maximum absolute atomic E-state index is 8.33. The molecule has 0 aliphatic rings. The molecule has 6 nitrogen and oxygen atoms in total. The van der Waals surface area contributed by atoms with Crippen LogP contribution in [0.25, 0.3) is 0 Å². The Bertz CT molecular complexity index is 73.7. The Morgan fingerprint density at radius 3 is 0.800 bits per heavy atom. The van der Waals surface area contributed by atoms with Crippen LogP contribution in [0.1, 0.15) is 0 Å². The summed E-state index contributed by atoms with van der Waals surface area (Å²) in [6.45, 7) is 0. The van der Waals surface area contributed by atoms with Gasteiger partial charge in [-0.05, 0) is 12.3 Å². The molecule has 0 radical (unpaired) electrons. The second kappa shape index (κ2) is 16.2. The molecular formula is C2NaO6Sc. The van der Waals surface area contributed by atoms with E-state index in [1.165, 1.54) is 0 Å². The van der Waals surface area contributed by atoms with E-state index < -0.39 is 12.3 Å².